The van der Waals surface area contributed by atoms with Crippen molar-refractivity contribution in [2.45, 2.75) is 13.5 Å². The molecule has 0 bridgehead atoms. The Morgan fingerprint density at radius 2 is 2.06 bits per heavy atom. The van der Waals surface area contributed by atoms with Crippen molar-refractivity contribution in [1.82, 2.24) is 0 Å². The standard InChI is InChI=1S/C14H17BrN2S/c1-10-8-11(17(2)3)4-5-13(10)16-9-14-12(15)6-7-18-14/h4-8,16H,9H2,1-3H3. The van der Waals surface area contributed by atoms with Crippen LogP contribution in [0.4, 0.5) is 11.4 Å². The maximum Gasteiger partial charge on any atom is 0.0505 e. The van der Waals surface area contributed by atoms with Gasteiger partial charge in [-0.05, 0) is 58.1 Å². The normalized spacial score (nSPS) is 10.4. The van der Waals surface area contributed by atoms with Crippen molar-refractivity contribution in [3.63, 3.8) is 0 Å². The summed E-state index contributed by atoms with van der Waals surface area (Å²) in [5.41, 5.74) is 3.70. The number of nitrogens with zero attached hydrogens (tertiary/aromatic N) is 1. The third-order valence-electron chi connectivity index (χ3n) is 2.86. The molecule has 0 fully saturated rings. The minimum Gasteiger partial charge on any atom is -0.380 e. The van der Waals surface area contributed by atoms with Crippen molar-refractivity contribution in [3.05, 3.63) is 44.6 Å². The van der Waals surface area contributed by atoms with E-state index in [1.807, 2.05) is 0 Å². The molecule has 18 heavy (non-hydrogen) atoms. The van der Waals surface area contributed by atoms with Gasteiger partial charge in [0.15, 0.2) is 0 Å². The number of hydrogen-bond acceptors (Lipinski definition) is 3. The summed E-state index contributed by atoms with van der Waals surface area (Å²) in [7, 11) is 4.12. The van der Waals surface area contributed by atoms with Crippen molar-refractivity contribution in [2.24, 2.45) is 0 Å². The Hall–Kier alpha value is -1.00. The number of thiophene rings is 1. The number of halogens is 1. The second-order valence-electron chi connectivity index (χ2n) is 4.44. The summed E-state index contributed by atoms with van der Waals surface area (Å²) in [6.45, 7) is 3.00. The molecule has 1 heterocycles. The minimum absolute atomic E-state index is 0.862. The van der Waals surface area contributed by atoms with Gasteiger partial charge in [0.2, 0.25) is 0 Å². The number of anilines is 2. The Labute approximate surface area is 121 Å². The molecule has 1 N–H and O–H groups in total. The Morgan fingerprint density at radius 3 is 2.61 bits per heavy atom. The zero-order valence-corrected chi connectivity index (χ0v) is 13.2. The number of hydrogen-bond donors (Lipinski definition) is 1. The van der Waals surface area contributed by atoms with Gasteiger partial charge in [0, 0.05) is 34.8 Å². The largest absolute Gasteiger partial charge is 0.380 e. The first-order valence-corrected chi connectivity index (χ1v) is 7.49. The maximum absolute atomic E-state index is 3.55. The van der Waals surface area contributed by atoms with Gasteiger partial charge >= 0.3 is 0 Å². The lowest BCUT2D eigenvalue weighted by Crippen LogP contribution is -2.09. The monoisotopic (exact) mass is 324 g/mol. The van der Waals surface area contributed by atoms with Gasteiger partial charge < -0.3 is 10.2 Å². The molecule has 0 radical (unpaired) electrons. The van der Waals surface area contributed by atoms with Gasteiger partial charge in [-0.2, -0.15) is 0 Å². The van der Waals surface area contributed by atoms with Crippen LogP contribution in [0.5, 0.6) is 0 Å². The SMILES string of the molecule is Cc1cc(N(C)C)ccc1NCc1sccc1Br. The third kappa shape index (κ3) is 3.06. The molecule has 0 amide bonds. The topological polar surface area (TPSA) is 15.3 Å². The molecule has 0 aliphatic carbocycles. The molecule has 0 aliphatic heterocycles. The van der Waals surface area contributed by atoms with Crippen LogP contribution in [0.2, 0.25) is 0 Å². The van der Waals surface area contributed by atoms with E-state index in [0.717, 1.165) is 6.54 Å². The third-order valence-corrected chi connectivity index (χ3v) is 4.78. The van der Waals surface area contributed by atoms with Crippen molar-refractivity contribution >= 4 is 38.6 Å². The molecule has 0 saturated carbocycles. The minimum atomic E-state index is 0.862. The highest BCUT2D eigenvalue weighted by Crippen LogP contribution is 2.26. The molecule has 1 aromatic heterocycles. The van der Waals surface area contributed by atoms with Gasteiger partial charge in [-0.1, -0.05) is 0 Å². The second-order valence-corrected chi connectivity index (χ2v) is 6.29. The van der Waals surface area contributed by atoms with Crippen molar-refractivity contribution in [3.8, 4) is 0 Å². The predicted octanol–water partition coefficient (Wildman–Crippen LogP) is 4.50. The fourth-order valence-corrected chi connectivity index (χ4v) is 3.18. The summed E-state index contributed by atoms with van der Waals surface area (Å²) < 4.78 is 1.18. The van der Waals surface area contributed by atoms with E-state index in [1.54, 1.807) is 11.3 Å². The summed E-state index contributed by atoms with van der Waals surface area (Å²) in [4.78, 5) is 3.44. The lowest BCUT2D eigenvalue weighted by atomic mass is 10.1. The number of benzene rings is 1. The van der Waals surface area contributed by atoms with Crippen molar-refractivity contribution in [1.29, 1.82) is 0 Å². The van der Waals surface area contributed by atoms with Crippen LogP contribution in [0.25, 0.3) is 0 Å². The Morgan fingerprint density at radius 1 is 1.28 bits per heavy atom. The quantitative estimate of drug-likeness (QED) is 0.890. The fourth-order valence-electron chi connectivity index (χ4n) is 1.75. The molecular weight excluding hydrogens is 308 g/mol. The van der Waals surface area contributed by atoms with E-state index in [-0.39, 0.29) is 0 Å². The predicted molar refractivity (Wildman–Crippen MR) is 84.9 cm³/mol. The first-order valence-electron chi connectivity index (χ1n) is 5.81. The number of rotatable bonds is 4. The van der Waals surface area contributed by atoms with Gasteiger partial charge in [0.05, 0.1) is 6.54 Å². The van der Waals surface area contributed by atoms with E-state index >= 15 is 0 Å². The van der Waals surface area contributed by atoms with Crippen LogP contribution < -0.4 is 10.2 Å². The summed E-state index contributed by atoms with van der Waals surface area (Å²) in [5, 5.41) is 5.58. The lowest BCUT2D eigenvalue weighted by Gasteiger charge is -2.16. The molecule has 4 heteroatoms. The smallest absolute Gasteiger partial charge is 0.0505 e. The molecule has 96 valence electrons. The van der Waals surface area contributed by atoms with E-state index in [2.05, 4.69) is 76.8 Å². The van der Waals surface area contributed by atoms with Crippen LogP contribution in [0.15, 0.2) is 34.1 Å². The molecule has 0 saturated heterocycles. The van der Waals surface area contributed by atoms with Crippen LogP contribution in [-0.4, -0.2) is 14.1 Å². The van der Waals surface area contributed by atoms with E-state index in [9.17, 15) is 0 Å². The summed E-state index contributed by atoms with van der Waals surface area (Å²) >= 11 is 5.32. The van der Waals surface area contributed by atoms with Crippen molar-refractivity contribution < 1.29 is 0 Å². The zero-order valence-electron chi connectivity index (χ0n) is 10.8. The average molecular weight is 325 g/mol. The van der Waals surface area contributed by atoms with E-state index in [0.29, 0.717) is 0 Å². The number of nitrogens with one attached hydrogen (secondary N) is 1. The van der Waals surface area contributed by atoms with Crippen LogP contribution >= 0.6 is 27.3 Å². The molecule has 0 unspecified atom stereocenters. The summed E-state index contributed by atoms with van der Waals surface area (Å²) in [6.07, 6.45) is 0. The van der Waals surface area contributed by atoms with Gasteiger partial charge in [0.1, 0.15) is 0 Å². The van der Waals surface area contributed by atoms with E-state index in [1.165, 1.54) is 26.3 Å². The second kappa shape index (κ2) is 5.76. The molecule has 1 aromatic carbocycles. The van der Waals surface area contributed by atoms with Gasteiger partial charge in [-0.3, -0.25) is 0 Å². The molecule has 2 rings (SSSR count). The van der Waals surface area contributed by atoms with Gasteiger partial charge in [-0.25, -0.2) is 0 Å². The molecule has 0 aliphatic rings. The van der Waals surface area contributed by atoms with E-state index < -0.39 is 0 Å². The maximum atomic E-state index is 3.55. The summed E-state index contributed by atoms with van der Waals surface area (Å²) in [5.74, 6) is 0. The average Bonchev–Trinajstić information content (AvgIpc) is 2.73. The first-order chi connectivity index (χ1) is 8.58. The van der Waals surface area contributed by atoms with Crippen LogP contribution in [-0.2, 0) is 6.54 Å². The van der Waals surface area contributed by atoms with E-state index in [4.69, 9.17) is 0 Å². The lowest BCUT2D eigenvalue weighted by molar-refractivity contribution is 1.12. The van der Waals surface area contributed by atoms with Crippen LogP contribution in [0, 0.1) is 6.92 Å². The van der Waals surface area contributed by atoms with Gasteiger partial charge in [0.25, 0.3) is 0 Å². The highest BCUT2D eigenvalue weighted by Gasteiger charge is 2.04. The van der Waals surface area contributed by atoms with Gasteiger partial charge in [-0.15, -0.1) is 11.3 Å². The Kier molecular flexibility index (Phi) is 4.30. The van der Waals surface area contributed by atoms with Crippen LogP contribution in [0.1, 0.15) is 10.4 Å². The molecule has 2 nitrogen and oxygen atoms in total. The zero-order chi connectivity index (χ0) is 13.1. The Bertz CT molecular complexity index is 534. The number of aryl methyl sites for hydroxylation is 1. The highest BCUT2D eigenvalue weighted by atomic mass is 79.9. The Balaban J connectivity index is 2.08. The molecule has 2 aromatic rings. The van der Waals surface area contributed by atoms with Crippen molar-refractivity contribution in [2.75, 3.05) is 24.3 Å². The molecular formula is C14H17BrN2S. The molecule has 0 spiro atoms. The van der Waals surface area contributed by atoms with Crippen LogP contribution in [0.3, 0.4) is 0 Å². The first kappa shape index (κ1) is 13.4. The fraction of sp³-hybridized carbons (Fsp3) is 0.286. The molecule has 0 atom stereocenters. The highest BCUT2D eigenvalue weighted by molar-refractivity contribution is 9.10. The summed E-state index contributed by atoms with van der Waals surface area (Å²) in [6, 6.07) is 8.57.